The van der Waals surface area contributed by atoms with Crippen molar-refractivity contribution in [2.45, 2.75) is 32.5 Å². The molecule has 0 saturated carbocycles. The van der Waals surface area contributed by atoms with Crippen LogP contribution in [0.3, 0.4) is 0 Å². The maximum atomic E-state index is 3.84. The van der Waals surface area contributed by atoms with Gasteiger partial charge in [-0.2, -0.15) is 0 Å². The average molecular weight is 303 g/mol. The third kappa shape index (κ3) is 2.67. The summed E-state index contributed by atoms with van der Waals surface area (Å²) in [4.78, 5) is 0.275. The molecule has 2 rings (SSSR count). The maximum absolute atomic E-state index is 3.84. The van der Waals surface area contributed by atoms with Crippen LogP contribution in [0.4, 0.5) is 0 Å². The first-order chi connectivity index (χ1) is 8.49. The van der Waals surface area contributed by atoms with Gasteiger partial charge in [-0.25, -0.2) is 0 Å². The Morgan fingerprint density at radius 1 is 0.778 bits per heavy atom. The molecule has 0 amide bonds. The fourth-order valence-electron chi connectivity index (χ4n) is 2.13. The number of benzene rings is 2. The molecule has 1 unspecified atom stereocenters. The van der Waals surface area contributed by atoms with Crippen LogP contribution in [0, 0.1) is 27.7 Å². The van der Waals surface area contributed by atoms with E-state index >= 15 is 0 Å². The van der Waals surface area contributed by atoms with E-state index in [1.54, 1.807) is 0 Å². The van der Waals surface area contributed by atoms with Gasteiger partial charge in [0.2, 0.25) is 0 Å². The van der Waals surface area contributed by atoms with Crippen molar-refractivity contribution in [2.75, 3.05) is 0 Å². The van der Waals surface area contributed by atoms with Crippen molar-refractivity contribution < 1.29 is 0 Å². The summed E-state index contributed by atoms with van der Waals surface area (Å²) in [5.74, 6) is 0. The smallest absolute Gasteiger partial charge is 0.0647 e. The third-order valence-electron chi connectivity index (χ3n) is 3.53. The maximum Gasteiger partial charge on any atom is 0.0647 e. The summed E-state index contributed by atoms with van der Waals surface area (Å²) >= 11 is 3.84. The largest absolute Gasteiger partial charge is 0.0786 e. The van der Waals surface area contributed by atoms with Gasteiger partial charge in [0.25, 0.3) is 0 Å². The van der Waals surface area contributed by atoms with Crippen LogP contribution in [0.2, 0.25) is 0 Å². The van der Waals surface area contributed by atoms with Crippen LogP contribution in [0.1, 0.15) is 38.2 Å². The highest BCUT2D eigenvalue weighted by Gasteiger charge is 2.13. The highest BCUT2D eigenvalue weighted by molar-refractivity contribution is 9.09. The molecule has 0 aliphatic heterocycles. The molecular weight excluding hydrogens is 284 g/mol. The van der Waals surface area contributed by atoms with Gasteiger partial charge < -0.3 is 0 Å². The average Bonchev–Trinajstić information content (AvgIpc) is 2.35. The van der Waals surface area contributed by atoms with Crippen molar-refractivity contribution >= 4 is 15.9 Å². The van der Waals surface area contributed by atoms with Gasteiger partial charge >= 0.3 is 0 Å². The third-order valence-corrected chi connectivity index (χ3v) is 4.55. The minimum atomic E-state index is 0.275. The van der Waals surface area contributed by atoms with Crippen LogP contribution in [0.15, 0.2) is 36.4 Å². The van der Waals surface area contributed by atoms with Crippen molar-refractivity contribution in [2.24, 2.45) is 0 Å². The van der Waals surface area contributed by atoms with Gasteiger partial charge in [0.05, 0.1) is 4.83 Å². The van der Waals surface area contributed by atoms with Gasteiger partial charge in [0.1, 0.15) is 0 Å². The molecule has 18 heavy (non-hydrogen) atoms. The summed E-state index contributed by atoms with van der Waals surface area (Å²) < 4.78 is 0. The van der Waals surface area contributed by atoms with E-state index in [1.807, 2.05) is 0 Å². The van der Waals surface area contributed by atoms with Crippen molar-refractivity contribution in [3.05, 3.63) is 69.8 Å². The normalized spacial score (nSPS) is 12.5. The summed E-state index contributed by atoms with van der Waals surface area (Å²) in [5.41, 5.74) is 8.02. The molecular formula is C17H19Br. The second kappa shape index (κ2) is 5.27. The van der Waals surface area contributed by atoms with Gasteiger partial charge in [-0.3, -0.25) is 0 Å². The topological polar surface area (TPSA) is 0 Å². The summed E-state index contributed by atoms with van der Waals surface area (Å²) in [6, 6.07) is 13.3. The van der Waals surface area contributed by atoms with Crippen LogP contribution in [0.5, 0.6) is 0 Å². The van der Waals surface area contributed by atoms with E-state index in [-0.39, 0.29) is 4.83 Å². The summed E-state index contributed by atoms with van der Waals surface area (Å²) in [7, 11) is 0. The quantitative estimate of drug-likeness (QED) is 0.651. The fourth-order valence-corrected chi connectivity index (χ4v) is 2.91. The zero-order valence-electron chi connectivity index (χ0n) is 11.4. The lowest BCUT2D eigenvalue weighted by Gasteiger charge is -2.15. The molecule has 0 aliphatic carbocycles. The predicted molar refractivity (Wildman–Crippen MR) is 82.6 cm³/mol. The van der Waals surface area contributed by atoms with Crippen LogP contribution >= 0.6 is 15.9 Å². The number of rotatable bonds is 2. The molecule has 0 aromatic heterocycles. The van der Waals surface area contributed by atoms with Crippen LogP contribution in [-0.4, -0.2) is 0 Å². The highest BCUT2D eigenvalue weighted by atomic mass is 79.9. The second-order valence-electron chi connectivity index (χ2n) is 5.07. The van der Waals surface area contributed by atoms with Gasteiger partial charge in [-0.1, -0.05) is 57.9 Å². The lowest BCUT2D eigenvalue weighted by Crippen LogP contribution is -1.97. The Morgan fingerprint density at radius 2 is 1.44 bits per heavy atom. The van der Waals surface area contributed by atoms with E-state index < -0.39 is 0 Å². The highest BCUT2D eigenvalue weighted by Crippen LogP contribution is 2.34. The first kappa shape index (κ1) is 13.4. The first-order valence-corrected chi connectivity index (χ1v) is 7.19. The van der Waals surface area contributed by atoms with E-state index in [0.29, 0.717) is 0 Å². The lowest BCUT2D eigenvalue weighted by molar-refractivity contribution is 1.12. The monoisotopic (exact) mass is 302 g/mol. The van der Waals surface area contributed by atoms with Gasteiger partial charge in [-0.15, -0.1) is 0 Å². The molecule has 0 N–H and O–H groups in total. The second-order valence-corrected chi connectivity index (χ2v) is 5.98. The Labute approximate surface area is 118 Å². The zero-order valence-corrected chi connectivity index (χ0v) is 13.0. The molecule has 1 heteroatoms. The molecule has 0 spiro atoms. The van der Waals surface area contributed by atoms with E-state index in [2.05, 4.69) is 80.0 Å². The van der Waals surface area contributed by atoms with Crippen LogP contribution in [-0.2, 0) is 0 Å². The van der Waals surface area contributed by atoms with Gasteiger partial charge in [0, 0.05) is 0 Å². The Hall–Kier alpha value is -1.08. The molecule has 0 nitrogen and oxygen atoms in total. The summed E-state index contributed by atoms with van der Waals surface area (Å²) in [6.07, 6.45) is 0. The lowest BCUT2D eigenvalue weighted by atomic mass is 9.96. The molecule has 2 aromatic rings. The molecule has 0 fully saturated rings. The van der Waals surface area contributed by atoms with Crippen molar-refractivity contribution in [3.8, 4) is 0 Å². The van der Waals surface area contributed by atoms with Crippen molar-refractivity contribution in [1.82, 2.24) is 0 Å². The summed E-state index contributed by atoms with van der Waals surface area (Å²) in [6.45, 7) is 8.63. The standard InChI is InChI=1S/C17H19Br/c1-11-5-6-13(3)16(9-11)17(18)15-8-7-12(2)14(4)10-15/h5-10,17H,1-4H3. The molecule has 0 heterocycles. The number of hydrogen-bond donors (Lipinski definition) is 0. The number of hydrogen-bond acceptors (Lipinski definition) is 0. The van der Waals surface area contributed by atoms with E-state index in [4.69, 9.17) is 0 Å². The molecule has 2 aromatic carbocycles. The molecule has 94 valence electrons. The van der Waals surface area contributed by atoms with E-state index in [9.17, 15) is 0 Å². The Morgan fingerprint density at radius 3 is 2.11 bits per heavy atom. The molecule has 0 radical (unpaired) electrons. The predicted octanol–water partition coefficient (Wildman–Crippen LogP) is 5.40. The summed E-state index contributed by atoms with van der Waals surface area (Å²) in [5, 5.41) is 0. The molecule has 1 atom stereocenters. The van der Waals surface area contributed by atoms with Gasteiger partial charge in [-0.05, 0) is 55.5 Å². The Bertz CT molecular complexity index is 570. The molecule has 0 aliphatic rings. The number of halogens is 1. The number of alkyl halides is 1. The van der Waals surface area contributed by atoms with Gasteiger partial charge in [0.15, 0.2) is 0 Å². The minimum absolute atomic E-state index is 0.275. The minimum Gasteiger partial charge on any atom is -0.0786 e. The SMILES string of the molecule is Cc1ccc(C)c(C(Br)c2ccc(C)c(C)c2)c1. The van der Waals surface area contributed by atoms with E-state index in [0.717, 1.165) is 0 Å². The Balaban J connectivity index is 2.44. The Kier molecular flexibility index (Phi) is 3.91. The molecule has 0 saturated heterocycles. The van der Waals surface area contributed by atoms with E-state index in [1.165, 1.54) is 33.4 Å². The fraction of sp³-hybridized carbons (Fsp3) is 0.294. The van der Waals surface area contributed by atoms with Crippen LogP contribution < -0.4 is 0 Å². The zero-order chi connectivity index (χ0) is 13.3. The first-order valence-electron chi connectivity index (χ1n) is 6.27. The van der Waals surface area contributed by atoms with Crippen molar-refractivity contribution in [3.63, 3.8) is 0 Å². The van der Waals surface area contributed by atoms with Crippen LogP contribution in [0.25, 0.3) is 0 Å². The van der Waals surface area contributed by atoms with Crippen molar-refractivity contribution in [1.29, 1.82) is 0 Å². The number of aryl methyl sites for hydroxylation is 4. The molecule has 0 bridgehead atoms.